The second-order valence-corrected chi connectivity index (χ2v) is 6.89. The van der Waals surface area contributed by atoms with E-state index in [4.69, 9.17) is 0 Å². The summed E-state index contributed by atoms with van der Waals surface area (Å²) in [6.07, 6.45) is 6.18. The lowest BCUT2D eigenvalue weighted by Crippen LogP contribution is -2.48. The van der Waals surface area contributed by atoms with Crippen LogP contribution in [0.2, 0.25) is 0 Å². The zero-order chi connectivity index (χ0) is 16.7. The Morgan fingerprint density at radius 1 is 1.35 bits per heavy atom. The van der Waals surface area contributed by atoms with Crippen LogP contribution in [0.5, 0.6) is 0 Å². The quantitative estimate of drug-likeness (QED) is 0.806. The molecule has 0 unspecified atom stereocenters. The van der Waals surface area contributed by atoms with Crippen molar-refractivity contribution < 1.29 is 9.59 Å². The Balaban J connectivity index is 2.04. The zero-order valence-electron chi connectivity index (χ0n) is 13.9. The van der Waals surface area contributed by atoms with Crippen molar-refractivity contribution >= 4 is 23.6 Å². The fraction of sp³-hybridized carbons (Fsp3) is 0.556. The van der Waals surface area contributed by atoms with Crippen LogP contribution in [-0.4, -0.2) is 29.9 Å². The number of hydrogen-bond acceptors (Lipinski definition) is 3. The van der Waals surface area contributed by atoms with Crippen LogP contribution in [0.4, 0.5) is 0 Å². The first kappa shape index (κ1) is 17.9. The fourth-order valence-electron chi connectivity index (χ4n) is 2.98. The van der Waals surface area contributed by atoms with Crippen molar-refractivity contribution in [3.8, 4) is 0 Å². The number of nitrogens with one attached hydrogen (secondary N) is 2. The van der Waals surface area contributed by atoms with E-state index in [0.717, 1.165) is 25.0 Å². The first-order chi connectivity index (χ1) is 11.2. The molecule has 4 nitrogen and oxygen atoms in total. The minimum Gasteiger partial charge on any atom is -0.348 e. The maximum absolute atomic E-state index is 12.6. The molecule has 0 radical (unpaired) electrons. The topological polar surface area (TPSA) is 58.2 Å². The van der Waals surface area contributed by atoms with Gasteiger partial charge in [0, 0.05) is 6.42 Å². The zero-order valence-corrected chi connectivity index (χ0v) is 14.7. The summed E-state index contributed by atoms with van der Waals surface area (Å²) in [6, 6.07) is 7.92. The molecule has 23 heavy (non-hydrogen) atoms. The fourth-order valence-corrected chi connectivity index (χ4v) is 3.45. The van der Waals surface area contributed by atoms with Gasteiger partial charge in [-0.3, -0.25) is 9.59 Å². The largest absolute Gasteiger partial charge is 0.348 e. The molecule has 126 valence electrons. The van der Waals surface area contributed by atoms with Gasteiger partial charge in [0.15, 0.2) is 0 Å². The van der Waals surface area contributed by atoms with Gasteiger partial charge in [0.05, 0.1) is 6.04 Å². The van der Waals surface area contributed by atoms with Crippen LogP contribution in [0.15, 0.2) is 24.3 Å². The highest BCUT2D eigenvalue weighted by Gasteiger charge is 2.26. The van der Waals surface area contributed by atoms with Crippen LogP contribution in [0, 0.1) is 0 Å². The van der Waals surface area contributed by atoms with E-state index in [0.29, 0.717) is 12.8 Å². The standard InChI is InChI=1S/C18H26N2O2S/c1-3-17(21)19-16(11-12-23-2)18(22)20-15-10-6-8-13-7-4-5-9-14(13)15/h4-5,7,9,15-16H,3,6,8,10-12H2,1-2H3,(H,19,21)(H,20,22)/t15-,16+/m1/s1. The molecule has 2 amide bonds. The average molecular weight is 334 g/mol. The van der Waals surface area contributed by atoms with Gasteiger partial charge in [-0.1, -0.05) is 31.2 Å². The maximum atomic E-state index is 12.6. The monoisotopic (exact) mass is 334 g/mol. The predicted molar refractivity (Wildman–Crippen MR) is 95.5 cm³/mol. The predicted octanol–water partition coefficient (Wildman–Crippen LogP) is 2.83. The lowest BCUT2D eigenvalue weighted by atomic mass is 9.87. The number of fused-ring (bicyclic) bond motifs is 1. The molecule has 2 rings (SSSR count). The van der Waals surface area contributed by atoms with Crippen molar-refractivity contribution in [1.82, 2.24) is 10.6 Å². The van der Waals surface area contributed by atoms with Gasteiger partial charge in [-0.2, -0.15) is 11.8 Å². The summed E-state index contributed by atoms with van der Waals surface area (Å²) in [7, 11) is 0. The van der Waals surface area contributed by atoms with Gasteiger partial charge in [-0.15, -0.1) is 0 Å². The van der Waals surface area contributed by atoms with Crippen LogP contribution >= 0.6 is 11.8 Å². The van der Waals surface area contributed by atoms with E-state index in [1.807, 2.05) is 18.4 Å². The number of amides is 2. The van der Waals surface area contributed by atoms with Crippen molar-refractivity contribution in [2.75, 3.05) is 12.0 Å². The summed E-state index contributed by atoms with van der Waals surface area (Å²) in [5.41, 5.74) is 2.54. The second-order valence-electron chi connectivity index (χ2n) is 5.91. The van der Waals surface area contributed by atoms with Crippen molar-refractivity contribution in [2.45, 2.75) is 51.1 Å². The Bertz CT molecular complexity index is 548. The number of benzene rings is 1. The first-order valence-corrected chi connectivity index (χ1v) is 9.71. The van der Waals surface area contributed by atoms with Gasteiger partial charge >= 0.3 is 0 Å². The summed E-state index contributed by atoms with van der Waals surface area (Å²) in [5, 5.41) is 6.00. The lowest BCUT2D eigenvalue weighted by molar-refractivity contribution is -0.129. The number of rotatable bonds is 7. The number of aryl methyl sites for hydroxylation is 1. The first-order valence-electron chi connectivity index (χ1n) is 8.32. The van der Waals surface area contributed by atoms with Crippen molar-refractivity contribution in [1.29, 1.82) is 0 Å². The number of thioether (sulfide) groups is 1. The van der Waals surface area contributed by atoms with Gasteiger partial charge in [-0.05, 0) is 48.8 Å². The third-order valence-electron chi connectivity index (χ3n) is 4.27. The molecule has 0 bridgehead atoms. The minimum absolute atomic E-state index is 0.0581. The van der Waals surface area contributed by atoms with E-state index in [1.165, 1.54) is 11.1 Å². The highest BCUT2D eigenvalue weighted by atomic mass is 32.2. The summed E-state index contributed by atoms with van der Waals surface area (Å²) in [4.78, 5) is 24.3. The van der Waals surface area contributed by atoms with E-state index in [9.17, 15) is 9.59 Å². The number of hydrogen-bond donors (Lipinski definition) is 2. The SMILES string of the molecule is CCC(=O)N[C@@H](CCSC)C(=O)N[C@@H]1CCCc2ccccc21. The molecule has 5 heteroatoms. The minimum atomic E-state index is -0.441. The molecule has 1 aliphatic rings. The molecular weight excluding hydrogens is 308 g/mol. The molecule has 0 aliphatic heterocycles. The highest BCUT2D eigenvalue weighted by molar-refractivity contribution is 7.98. The Kier molecular flexibility index (Phi) is 6.96. The maximum Gasteiger partial charge on any atom is 0.243 e. The van der Waals surface area contributed by atoms with Crippen LogP contribution < -0.4 is 10.6 Å². The van der Waals surface area contributed by atoms with Crippen LogP contribution in [-0.2, 0) is 16.0 Å². The van der Waals surface area contributed by atoms with E-state index >= 15 is 0 Å². The van der Waals surface area contributed by atoms with Crippen molar-refractivity contribution in [2.24, 2.45) is 0 Å². The van der Waals surface area contributed by atoms with E-state index < -0.39 is 6.04 Å². The Morgan fingerprint density at radius 2 is 2.13 bits per heavy atom. The van der Waals surface area contributed by atoms with Crippen LogP contribution in [0.25, 0.3) is 0 Å². The van der Waals surface area contributed by atoms with Gasteiger partial charge in [-0.25, -0.2) is 0 Å². The summed E-state index contributed by atoms with van der Waals surface area (Å²) >= 11 is 1.69. The van der Waals surface area contributed by atoms with Crippen molar-refractivity contribution in [3.63, 3.8) is 0 Å². The molecule has 1 aromatic rings. The van der Waals surface area contributed by atoms with Gasteiger partial charge in [0.1, 0.15) is 6.04 Å². The molecule has 0 aromatic heterocycles. The van der Waals surface area contributed by atoms with Gasteiger partial charge < -0.3 is 10.6 Å². The number of carbonyl (C=O) groups excluding carboxylic acids is 2. The smallest absolute Gasteiger partial charge is 0.243 e. The van der Waals surface area contributed by atoms with Gasteiger partial charge in [0.25, 0.3) is 0 Å². The Hall–Kier alpha value is -1.49. The highest BCUT2D eigenvalue weighted by Crippen LogP contribution is 2.29. The Morgan fingerprint density at radius 3 is 2.87 bits per heavy atom. The molecule has 1 aromatic carbocycles. The van der Waals surface area contributed by atoms with Crippen LogP contribution in [0.3, 0.4) is 0 Å². The summed E-state index contributed by atoms with van der Waals surface area (Å²) < 4.78 is 0. The molecule has 2 N–H and O–H groups in total. The summed E-state index contributed by atoms with van der Waals surface area (Å²) in [5.74, 6) is 0.710. The van der Waals surface area contributed by atoms with E-state index in [-0.39, 0.29) is 17.9 Å². The van der Waals surface area contributed by atoms with Gasteiger partial charge in [0.2, 0.25) is 11.8 Å². The molecule has 0 saturated carbocycles. The molecule has 0 saturated heterocycles. The third-order valence-corrected chi connectivity index (χ3v) is 4.91. The average Bonchev–Trinajstić information content (AvgIpc) is 2.58. The normalized spacial score (nSPS) is 17.9. The van der Waals surface area contributed by atoms with E-state index in [1.54, 1.807) is 18.7 Å². The Labute approximate surface area is 142 Å². The molecule has 0 heterocycles. The second kappa shape index (κ2) is 8.96. The summed E-state index contributed by atoms with van der Waals surface area (Å²) in [6.45, 7) is 1.80. The van der Waals surface area contributed by atoms with Crippen molar-refractivity contribution in [3.05, 3.63) is 35.4 Å². The molecular formula is C18H26N2O2S. The lowest BCUT2D eigenvalue weighted by Gasteiger charge is -2.28. The van der Waals surface area contributed by atoms with E-state index in [2.05, 4.69) is 22.8 Å². The van der Waals surface area contributed by atoms with Crippen LogP contribution in [0.1, 0.15) is 49.8 Å². The number of carbonyl (C=O) groups is 2. The molecule has 2 atom stereocenters. The molecule has 0 spiro atoms. The third kappa shape index (κ3) is 4.99. The molecule has 1 aliphatic carbocycles. The molecule has 0 fully saturated rings.